The van der Waals surface area contributed by atoms with E-state index >= 15 is 0 Å². The second-order valence-electron chi connectivity index (χ2n) is 9.13. The van der Waals surface area contributed by atoms with Crippen LogP contribution in [0.3, 0.4) is 0 Å². The van der Waals surface area contributed by atoms with E-state index in [0.29, 0.717) is 19.6 Å². The zero-order chi connectivity index (χ0) is 18.1. The molecule has 6 heteroatoms. The number of amides is 1. The number of piperidine rings is 1. The number of likely N-dealkylation sites (tertiary alicyclic amines) is 1. The lowest BCUT2D eigenvalue weighted by Crippen LogP contribution is -2.54. The SMILES string of the molecule is CC(C)(C)OC(=O)N1CC[C@@H](O[Si](C)(C)C(C)(C)C)[C@@H](CN)C1. The summed E-state index contributed by atoms with van der Waals surface area (Å²) in [5.41, 5.74) is 5.50. The van der Waals surface area contributed by atoms with Gasteiger partial charge in [0.1, 0.15) is 5.60 Å². The molecule has 0 aromatic carbocycles. The summed E-state index contributed by atoms with van der Waals surface area (Å²) in [7, 11) is -1.83. The highest BCUT2D eigenvalue weighted by Crippen LogP contribution is 2.39. The summed E-state index contributed by atoms with van der Waals surface area (Å²) in [6.07, 6.45) is 0.717. The molecule has 1 amide bonds. The Balaban J connectivity index is 2.71. The maximum atomic E-state index is 12.3. The molecule has 1 rings (SSSR count). The molecule has 0 saturated carbocycles. The first-order chi connectivity index (χ1) is 10.3. The smallest absolute Gasteiger partial charge is 0.410 e. The summed E-state index contributed by atoms with van der Waals surface area (Å²) >= 11 is 0. The average molecular weight is 345 g/mol. The Bertz CT molecular complexity index is 413. The second-order valence-corrected chi connectivity index (χ2v) is 13.9. The van der Waals surface area contributed by atoms with Crippen LogP contribution >= 0.6 is 0 Å². The first-order valence-corrected chi connectivity index (χ1v) is 11.5. The minimum atomic E-state index is -1.83. The van der Waals surface area contributed by atoms with Crippen LogP contribution in [0.5, 0.6) is 0 Å². The summed E-state index contributed by atoms with van der Waals surface area (Å²) < 4.78 is 12.0. The molecular weight excluding hydrogens is 308 g/mol. The molecule has 136 valence electrons. The van der Waals surface area contributed by atoms with Gasteiger partial charge in [0.25, 0.3) is 0 Å². The summed E-state index contributed by atoms with van der Waals surface area (Å²) in [6, 6.07) is 0. The van der Waals surface area contributed by atoms with Crippen LogP contribution in [0.2, 0.25) is 18.1 Å². The summed E-state index contributed by atoms with van der Waals surface area (Å²) in [4.78, 5) is 14.0. The van der Waals surface area contributed by atoms with Gasteiger partial charge in [-0.05, 0) is 51.9 Å². The van der Waals surface area contributed by atoms with Crippen molar-refractivity contribution in [3.8, 4) is 0 Å². The third kappa shape index (κ3) is 5.76. The van der Waals surface area contributed by atoms with Gasteiger partial charge in [0, 0.05) is 19.0 Å². The van der Waals surface area contributed by atoms with E-state index in [0.717, 1.165) is 6.42 Å². The first-order valence-electron chi connectivity index (χ1n) is 8.62. The van der Waals surface area contributed by atoms with Gasteiger partial charge in [-0.3, -0.25) is 0 Å². The van der Waals surface area contributed by atoms with E-state index in [4.69, 9.17) is 14.9 Å². The standard InChI is InChI=1S/C17H36N2O3Si/c1-16(2,3)21-15(20)19-10-9-14(13(11-18)12-19)22-23(7,8)17(4,5)6/h13-14H,9-12,18H2,1-8H3/t13-,14+/m0/s1. The monoisotopic (exact) mass is 344 g/mol. The molecule has 0 spiro atoms. The van der Waals surface area contributed by atoms with E-state index < -0.39 is 13.9 Å². The molecule has 0 aliphatic carbocycles. The van der Waals surface area contributed by atoms with Crippen molar-refractivity contribution in [2.24, 2.45) is 11.7 Å². The molecule has 0 aromatic heterocycles. The lowest BCUT2D eigenvalue weighted by atomic mass is 9.95. The summed E-state index contributed by atoms with van der Waals surface area (Å²) in [6.45, 7) is 18.7. The van der Waals surface area contributed by atoms with E-state index in [1.54, 1.807) is 4.90 Å². The Morgan fingerprint density at radius 3 is 2.22 bits per heavy atom. The van der Waals surface area contributed by atoms with E-state index in [2.05, 4.69) is 33.9 Å². The highest BCUT2D eigenvalue weighted by molar-refractivity contribution is 6.74. The largest absolute Gasteiger partial charge is 0.444 e. The molecule has 0 unspecified atom stereocenters. The first kappa shape index (κ1) is 20.5. The highest BCUT2D eigenvalue weighted by Gasteiger charge is 2.42. The molecule has 1 fully saturated rings. The van der Waals surface area contributed by atoms with Gasteiger partial charge in [0.15, 0.2) is 8.32 Å². The number of nitrogens with zero attached hydrogens (tertiary/aromatic N) is 1. The quantitative estimate of drug-likeness (QED) is 0.795. The van der Waals surface area contributed by atoms with Gasteiger partial charge in [-0.2, -0.15) is 0 Å². The number of hydrogen-bond donors (Lipinski definition) is 1. The predicted octanol–water partition coefficient (Wildman–Crippen LogP) is 3.59. The maximum Gasteiger partial charge on any atom is 0.410 e. The molecule has 2 N–H and O–H groups in total. The highest BCUT2D eigenvalue weighted by atomic mass is 28.4. The third-order valence-corrected chi connectivity index (χ3v) is 9.38. The molecule has 1 aliphatic rings. The van der Waals surface area contributed by atoms with Gasteiger partial charge in [0.05, 0.1) is 6.10 Å². The van der Waals surface area contributed by atoms with Gasteiger partial charge in [0.2, 0.25) is 0 Å². The van der Waals surface area contributed by atoms with Crippen LogP contribution in [-0.4, -0.2) is 50.6 Å². The third-order valence-electron chi connectivity index (χ3n) is 4.87. The van der Waals surface area contributed by atoms with Gasteiger partial charge in [-0.15, -0.1) is 0 Å². The molecule has 23 heavy (non-hydrogen) atoms. The number of carbonyl (C=O) groups is 1. The van der Waals surface area contributed by atoms with Crippen molar-refractivity contribution in [3.63, 3.8) is 0 Å². The normalized spacial score (nSPS) is 23.8. The second kappa shape index (κ2) is 7.11. The molecule has 2 atom stereocenters. The molecule has 0 bridgehead atoms. The fourth-order valence-electron chi connectivity index (χ4n) is 2.44. The Morgan fingerprint density at radius 1 is 1.22 bits per heavy atom. The van der Waals surface area contributed by atoms with Crippen molar-refractivity contribution in [1.29, 1.82) is 0 Å². The Labute approximate surface area is 143 Å². The van der Waals surface area contributed by atoms with Crippen molar-refractivity contribution in [3.05, 3.63) is 0 Å². The number of ether oxygens (including phenoxy) is 1. The lowest BCUT2D eigenvalue weighted by molar-refractivity contribution is -0.00360. The number of nitrogens with two attached hydrogens (primary N) is 1. The Hall–Kier alpha value is -0.593. The number of rotatable bonds is 3. The van der Waals surface area contributed by atoms with Crippen LogP contribution in [-0.2, 0) is 9.16 Å². The van der Waals surface area contributed by atoms with Crippen molar-refractivity contribution in [2.75, 3.05) is 19.6 Å². The van der Waals surface area contributed by atoms with Crippen LogP contribution in [0.4, 0.5) is 4.79 Å². The van der Waals surface area contributed by atoms with Crippen LogP contribution in [0.15, 0.2) is 0 Å². The molecule has 0 radical (unpaired) electrons. The summed E-state index contributed by atoms with van der Waals surface area (Å²) in [5, 5.41) is 0.175. The van der Waals surface area contributed by atoms with Crippen molar-refractivity contribution >= 4 is 14.4 Å². The van der Waals surface area contributed by atoms with Crippen LogP contribution in [0.1, 0.15) is 48.0 Å². The summed E-state index contributed by atoms with van der Waals surface area (Å²) in [5.74, 6) is 0.172. The van der Waals surface area contributed by atoms with Crippen molar-refractivity contribution < 1.29 is 14.0 Å². The Kier molecular flexibility index (Phi) is 6.32. The fraction of sp³-hybridized carbons (Fsp3) is 0.941. The van der Waals surface area contributed by atoms with Gasteiger partial charge in [-0.25, -0.2) is 4.79 Å². The topological polar surface area (TPSA) is 64.8 Å². The van der Waals surface area contributed by atoms with Crippen LogP contribution in [0.25, 0.3) is 0 Å². The minimum absolute atomic E-state index is 0.138. The molecule has 5 nitrogen and oxygen atoms in total. The van der Waals surface area contributed by atoms with Crippen molar-refractivity contribution in [1.82, 2.24) is 4.90 Å². The van der Waals surface area contributed by atoms with Crippen LogP contribution < -0.4 is 5.73 Å². The molecule has 1 aliphatic heterocycles. The fourth-order valence-corrected chi connectivity index (χ4v) is 3.86. The van der Waals surface area contributed by atoms with Gasteiger partial charge < -0.3 is 19.8 Å². The molecular formula is C17H36N2O3Si. The zero-order valence-corrected chi connectivity index (χ0v) is 17.2. The minimum Gasteiger partial charge on any atom is -0.444 e. The Morgan fingerprint density at radius 2 is 1.78 bits per heavy atom. The molecule has 1 heterocycles. The molecule has 1 saturated heterocycles. The van der Waals surface area contributed by atoms with E-state index in [1.807, 2.05) is 20.8 Å². The number of carbonyl (C=O) groups excluding carboxylic acids is 1. The molecule has 0 aromatic rings. The van der Waals surface area contributed by atoms with E-state index in [1.165, 1.54) is 0 Å². The van der Waals surface area contributed by atoms with Crippen LogP contribution in [0, 0.1) is 5.92 Å². The van der Waals surface area contributed by atoms with Gasteiger partial charge >= 0.3 is 6.09 Å². The van der Waals surface area contributed by atoms with E-state index in [-0.39, 0.29) is 23.2 Å². The zero-order valence-electron chi connectivity index (χ0n) is 16.2. The lowest BCUT2D eigenvalue weighted by Gasteiger charge is -2.45. The van der Waals surface area contributed by atoms with Gasteiger partial charge in [-0.1, -0.05) is 20.8 Å². The average Bonchev–Trinajstić information content (AvgIpc) is 2.35. The van der Waals surface area contributed by atoms with E-state index in [9.17, 15) is 4.79 Å². The predicted molar refractivity (Wildman–Crippen MR) is 97.0 cm³/mol. The maximum absolute atomic E-state index is 12.3. The van der Waals surface area contributed by atoms with Crippen molar-refractivity contribution in [2.45, 2.75) is 77.8 Å². The number of hydrogen-bond acceptors (Lipinski definition) is 4.